The standard InChI is InChI=1S/C35H55N5O10/c1-22(41)37-24(16-18-28(42)49-34(2,3)4)30(44)38-25(17-19-29(43)50-35(5,6)7)31(45)40-27(21-23-13-9-8-10-14-23)32(46)39-26(33(47)48)15-11-12-20-36/h8-10,13-14,24-27H,11-12,15-21,36H2,1-7H3,(H,37,41)(H,38,44)(H,39,46)(H,40,45)(H,47,48)/t24-,25-,26-,27-/m0/s1. The monoisotopic (exact) mass is 705 g/mol. The van der Waals surface area contributed by atoms with E-state index in [1.165, 1.54) is 6.92 Å². The summed E-state index contributed by atoms with van der Waals surface area (Å²) in [7, 11) is 0. The van der Waals surface area contributed by atoms with E-state index in [1.54, 1.807) is 71.9 Å². The van der Waals surface area contributed by atoms with Crippen LogP contribution in [0.25, 0.3) is 0 Å². The smallest absolute Gasteiger partial charge is 0.326 e. The molecule has 0 aliphatic rings. The average Bonchev–Trinajstić information content (AvgIpc) is 2.98. The summed E-state index contributed by atoms with van der Waals surface area (Å²) in [6.07, 6.45) is 0.182. The highest BCUT2D eigenvalue weighted by molar-refractivity contribution is 5.95. The summed E-state index contributed by atoms with van der Waals surface area (Å²) in [5.74, 6) is -5.50. The Labute approximate surface area is 294 Å². The van der Waals surface area contributed by atoms with Crippen LogP contribution in [0.4, 0.5) is 0 Å². The van der Waals surface area contributed by atoms with Crippen LogP contribution in [-0.4, -0.2) is 88.6 Å². The van der Waals surface area contributed by atoms with Gasteiger partial charge in [0, 0.05) is 26.2 Å². The van der Waals surface area contributed by atoms with Crippen molar-refractivity contribution in [3.63, 3.8) is 0 Å². The molecule has 0 aromatic heterocycles. The van der Waals surface area contributed by atoms with Crippen molar-refractivity contribution in [2.24, 2.45) is 5.73 Å². The van der Waals surface area contributed by atoms with Crippen molar-refractivity contribution >= 4 is 41.5 Å². The first kappa shape index (κ1) is 43.5. The molecule has 15 nitrogen and oxygen atoms in total. The van der Waals surface area contributed by atoms with Crippen molar-refractivity contribution in [1.29, 1.82) is 0 Å². The fraction of sp³-hybridized carbons (Fsp3) is 0.629. The number of amides is 4. The zero-order valence-corrected chi connectivity index (χ0v) is 30.3. The lowest BCUT2D eigenvalue weighted by Gasteiger charge is -2.26. The number of carbonyl (C=O) groups is 7. The maximum absolute atomic E-state index is 13.8. The molecule has 280 valence electrons. The number of aliphatic carboxylic acids is 1. The number of rotatable bonds is 20. The fourth-order valence-electron chi connectivity index (χ4n) is 4.72. The summed E-state index contributed by atoms with van der Waals surface area (Å²) >= 11 is 0. The number of nitrogens with two attached hydrogens (primary N) is 1. The minimum atomic E-state index is -1.40. The molecule has 4 atom stereocenters. The van der Waals surface area contributed by atoms with Crippen molar-refractivity contribution in [1.82, 2.24) is 21.3 Å². The molecule has 0 aliphatic carbocycles. The molecule has 0 unspecified atom stereocenters. The second-order valence-corrected chi connectivity index (χ2v) is 14.0. The van der Waals surface area contributed by atoms with Gasteiger partial charge >= 0.3 is 17.9 Å². The summed E-state index contributed by atoms with van der Waals surface area (Å²) in [5, 5.41) is 19.9. The highest BCUT2D eigenvalue weighted by Crippen LogP contribution is 2.13. The lowest BCUT2D eigenvalue weighted by Crippen LogP contribution is -2.58. The predicted octanol–water partition coefficient (Wildman–Crippen LogP) is 1.65. The Morgan fingerprint density at radius 1 is 0.660 bits per heavy atom. The second-order valence-electron chi connectivity index (χ2n) is 14.0. The van der Waals surface area contributed by atoms with Gasteiger partial charge in [-0.25, -0.2) is 4.79 Å². The number of carboxylic acid groups (broad SMARTS) is 1. The summed E-state index contributed by atoms with van der Waals surface area (Å²) in [6, 6.07) is 3.54. The number of nitrogens with one attached hydrogen (secondary N) is 4. The number of hydrogen-bond acceptors (Lipinski definition) is 10. The van der Waals surface area contributed by atoms with Gasteiger partial charge in [-0.3, -0.25) is 28.8 Å². The van der Waals surface area contributed by atoms with E-state index >= 15 is 0 Å². The number of carboxylic acids is 1. The quantitative estimate of drug-likeness (QED) is 0.0843. The van der Waals surface area contributed by atoms with E-state index in [-0.39, 0.29) is 38.5 Å². The first-order chi connectivity index (χ1) is 23.2. The average molecular weight is 706 g/mol. The Morgan fingerprint density at radius 2 is 1.10 bits per heavy atom. The summed E-state index contributed by atoms with van der Waals surface area (Å²) in [6.45, 7) is 11.6. The topological polar surface area (TPSA) is 232 Å². The van der Waals surface area contributed by atoms with Gasteiger partial charge in [-0.05, 0) is 85.8 Å². The van der Waals surface area contributed by atoms with Crippen LogP contribution in [0.15, 0.2) is 30.3 Å². The van der Waals surface area contributed by atoms with Crippen LogP contribution in [0, 0.1) is 0 Å². The molecule has 0 saturated carbocycles. The van der Waals surface area contributed by atoms with E-state index in [9.17, 15) is 38.7 Å². The molecule has 0 fully saturated rings. The van der Waals surface area contributed by atoms with Gasteiger partial charge in [-0.15, -0.1) is 0 Å². The molecule has 0 saturated heterocycles. The van der Waals surface area contributed by atoms with Crippen molar-refractivity contribution in [2.75, 3.05) is 6.54 Å². The van der Waals surface area contributed by atoms with Crippen LogP contribution < -0.4 is 27.0 Å². The highest BCUT2D eigenvalue weighted by Gasteiger charge is 2.32. The third kappa shape index (κ3) is 18.9. The minimum Gasteiger partial charge on any atom is -0.480 e. The molecule has 15 heteroatoms. The van der Waals surface area contributed by atoms with E-state index in [0.717, 1.165) is 0 Å². The Hall–Kier alpha value is -4.53. The molecular weight excluding hydrogens is 650 g/mol. The Bertz CT molecular complexity index is 1310. The van der Waals surface area contributed by atoms with Crippen molar-refractivity contribution in [2.45, 2.75) is 135 Å². The predicted molar refractivity (Wildman–Crippen MR) is 184 cm³/mol. The second kappa shape index (κ2) is 20.9. The van der Waals surface area contributed by atoms with Gasteiger partial charge in [0.25, 0.3) is 0 Å². The lowest BCUT2D eigenvalue weighted by atomic mass is 10.0. The van der Waals surface area contributed by atoms with E-state index < -0.39 is 76.9 Å². The highest BCUT2D eigenvalue weighted by atomic mass is 16.6. The minimum absolute atomic E-state index is 0.0231. The Balaban J connectivity index is 3.35. The van der Waals surface area contributed by atoms with Gasteiger partial charge in [0.1, 0.15) is 35.4 Å². The Morgan fingerprint density at radius 3 is 1.54 bits per heavy atom. The third-order valence-electron chi connectivity index (χ3n) is 6.92. The number of benzene rings is 1. The maximum atomic E-state index is 13.8. The van der Waals surface area contributed by atoms with Crippen LogP contribution in [-0.2, 0) is 49.5 Å². The van der Waals surface area contributed by atoms with Crippen LogP contribution in [0.1, 0.15) is 99.0 Å². The van der Waals surface area contributed by atoms with Gasteiger partial charge in [-0.2, -0.15) is 0 Å². The van der Waals surface area contributed by atoms with E-state index in [2.05, 4.69) is 21.3 Å². The normalized spacial score (nSPS) is 13.8. The summed E-state index contributed by atoms with van der Waals surface area (Å²) < 4.78 is 10.7. The molecule has 0 spiro atoms. The molecule has 0 heterocycles. The van der Waals surface area contributed by atoms with Gasteiger partial charge in [-0.1, -0.05) is 30.3 Å². The molecular formula is C35H55N5O10. The number of carbonyl (C=O) groups excluding carboxylic acids is 6. The van der Waals surface area contributed by atoms with Crippen LogP contribution in [0.2, 0.25) is 0 Å². The number of unbranched alkanes of at least 4 members (excludes halogenated alkanes) is 1. The number of esters is 2. The molecule has 1 aromatic carbocycles. The van der Waals surface area contributed by atoms with Crippen LogP contribution in [0.5, 0.6) is 0 Å². The Kier molecular flexibility index (Phi) is 18.1. The fourth-order valence-corrected chi connectivity index (χ4v) is 4.72. The van der Waals surface area contributed by atoms with E-state index in [0.29, 0.717) is 24.9 Å². The van der Waals surface area contributed by atoms with Gasteiger partial charge in [0.2, 0.25) is 23.6 Å². The van der Waals surface area contributed by atoms with Crippen molar-refractivity contribution in [3.8, 4) is 0 Å². The molecule has 1 aromatic rings. The maximum Gasteiger partial charge on any atom is 0.326 e. The third-order valence-corrected chi connectivity index (χ3v) is 6.92. The van der Waals surface area contributed by atoms with Crippen molar-refractivity contribution in [3.05, 3.63) is 35.9 Å². The van der Waals surface area contributed by atoms with Gasteiger partial charge in [0.05, 0.1) is 0 Å². The molecule has 4 amide bonds. The molecule has 7 N–H and O–H groups in total. The van der Waals surface area contributed by atoms with Crippen LogP contribution >= 0.6 is 0 Å². The molecule has 0 aliphatic heterocycles. The first-order valence-electron chi connectivity index (χ1n) is 16.8. The molecule has 0 bridgehead atoms. The van der Waals surface area contributed by atoms with E-state index in [1.807, 2.05) is 0 Å². The number of hydrogen-bond donors (Lipinski definition) is 6. The summed E-state index contributed by atoms with van der Waals surface area (Å²) in [5.41, 5.74) is 4.59. The molecule has 50 heavy (non-hydrogen) atoms. The summed E-state index contributed by atoms with van der Waals surface area (Å²) in [4.78, 5) is 89.7. The molecule has 0 radical (unpaired) electrons. The van der Waals surface area contributed by atoms with Gasteiger partial charge < -0.3 is 41.6 Å². The van der Waals surface area contributed by atoms with Crippen molar-refractivity contribution < 1.29 is 48.1 Å². The zero-order valence-electron chi connectivity index (χ0n) is 30.3. The largest absolute Gasteiger partial charge is 0.480 e. The lowest BCUT2D eigenvalue weighted by molar-refractivity contribution is -0.156. The zero-order chi connectivity index (χ0) is 38.1. The van der Waals surface area contributed by atoms with Gasteiger partial charge in [0.15, 0.2) is 0 Å². The van der Waals surface area contributed by atoms with Crippen LogP contribution in [0.3, 0.4) is 0 Å². The molecule has 1 rings (SSSR count). The van der Waals surface area contributed by atoms with E-state index in [4.69, 9.17) is 15.2 Å². The SMILES string of the molecule is CC(=O)N[C@@H](CCC(=O)OC(C)(C)C)C(=O)N[C@@H](CCC(=O)OC(C)(C)C)C(=O)N[C@@H](Cc1ccccc1)C(=O)N[C@@H](CCCCN)C(=O)O. The first-order valence-corrected chi connectivity index (χ1v) is 16.8. The number of ether oxygens (including phenoxy) is 2.